The fraction of sp³-hybridized carbons (Fsp3) is 1.00. The van der Waals surface area contributed by atoms with Crippen LogP contribution in [0.5, 0.6) is 0 Å². The molecule has 0 spiro atoms. The monoisotopic (exact) mass is 159 g/mol. The molecule has 2 heteroatoms. The molecule has 1 heterocycles. The number of thioether (sulfide) groups is 1. The summed E-state index contributed by atoms with van der Waals surface area (Å²) in [5.41, 5.74) is 0. The molecule has 1 nitrogen and oxygen atoms in total. The summed E-state index contributed by atoms with van der Waals surface area (Å²) in [5.74, 6) is 3.48. The van der Waals surface area contributed by atoms with Crippen molar-refractivity contribution in [3.05, 3.63) is 0 Å². The summed E-state index contributed by atoms with van der Waals surface area (Å²) in [6.45, 7) is 5.70. The van der Waals surface area contributed by atoms with Crippen LogP contribution in [0.3, 0.4) is 0 Å². The maximum Gasteiger partial charge on any atom is 0.0166 e. The minimum absolute atomic E-state index is 0.797. The van der Waals surface area contributed by atoms with Crippen LogP contribution >= 0.6 is 11.8 Å². The van der Waals surface area contributed by atoms with E-state index in [4.69, 9.17) is 0 Å². The van der Waals surface area contributed by atoms with E-state index in [1.807, 2.05) is 0 Å². The Hall–Kier alpha value is 0.310. The maximum absolute atomic E-state index is 3.56. The van der Waals surface area contributed by atoms with Gasteiger partial charge in [0.05, 0.1) is 0 Å². The quantitative estimate of drug-likeness (QED) is 0.673. The topological polar surface area (TPSA) is 12.0 Å². The molecule has 0 amide bonds. The number of hydrogen-bond donors (Lipinski definition) is 1. The van der Waals surface area contributed by atoms with Gasteiger partial charge in [0.1, 0.15) is 0 Å². The van der Waals surface area contributed by atoms with Crippen LogP contribution in [0.25, 0.3) is 0 Å². The van der Waals surface area contributed by atoms with Gasteiger partial charge in [-0.15, -0.1) is 0 Å². The fourth-order valence-corrected chi connectivity index (χ4v) is 2.28. The Morgan fingerprint density at radius 2 is 2.40 bits per heavy atom. The van der Waals surface area contributed by atoms with Crippen LogP contribution in [0, 0.1) is 5.92 Å². The molecule has 0 bridgehead atoms. The first kappa shape index (κ1) is 8.41. The zero-order valence-electron chi connectivity index (χ0n) is 6.89. The minimum atomic E-state index is 0.797. The van der Waals surface area contributed by atoms with Gasteiger partial charge in [0.2, 0.25) is 0 Å². The van der Waals surface area contributed by atoms with E-state index in [2.05, 4.69) is 30.9 Å². The van der Waals surface area contributed by atoms with E-state index in [1.165, 1.54) is 24.5 Å². The van der Waals surface area contributed by atoms with Crippen molar-refractivity contribution < 1.29 is 0 Å². The Labute approximate surface area is 68.0 Å². The van der Waals surface area contributed by atoms with Crippen molar-refractivity contribution in [1.29, 1.82) is 0 Å². The van der Waals surface area contributed by atoms with Crippen molar-refractivity contribution in [3.8, 4) is 0 Å². The first-order chi connectivity index (χ1) is 4.79. The lowest BCUT2D eigenvalue weighted by Crippen LogP contribution is -2.31. The number of rotatable bonds is 3. The molecule has 1 fully saturated rings. The van der Waals surface area contributed by atoms with Crippen molar-refractivity contribution in [3.63, 3.8) is 0 Å². The van der Waals surface area contributed by atoms with E-state index in [0.29, 0.717) is 0 Å². The summed E-state index contributed by atoms with van der Waals surface area (Å²) in [5, 5.41) is 3.56. The second-order valence-electron chi connectivity index (χ2n) is 3.36. The van der Waals surface area contributed by atoms with Gasteiger partial charge in [-0.3, -0.25) is 0 Å². The van der Waals surface area contributed by atoms with E-state index in [9.17, 15) is 0 Å². The number of hydrogen-bond acceptors (Lipinski definition) is 2. The lowest BCUT2D eigenvalue weighted by atomic mass is 10.2. The summed E-state index contributed by atoms with van der Waals surface area (Å²) in [7, 11) is 0. The predicted octanol–water partition coefficient (Wildman–Crippen LogP) is 1.74. The molecule has 1 aliphatic heterocycles. The largest absolute Gasteiger partial charge is 0.313 e. The SMILES string of the molecule is CC(C)CNC1CCSC1. The first-order valence-corrected chi connectivity index (χ1v) is 5.25. The van der Waals surface area contributed by atoms with Crippen LogP contribution in [0.2, 0.25) is 0 Å². The molecule has 0 aromatic rings. The second kappa shape index (κ2) is 4.24. The molecule has 0 saturated carbocycles. The van der Waals surface area contributed by atoms with E-state index < -0.39 is 0 Å². The molecule has 1 atom stereocenters. The van der Waals surface area contributed by atoms with Gasteiger partial charge in [0, 0.05) is 11.8 Å². The van der Waals surface area contributed by atoms with Crippen molar-refractivity contribution in [1.82, 2.24) is 5.32 Å². The third-order valence-electron chi connectivity index (χ3n) is 1.74. The average Bonchev–Trinajstić information content (AvgIpc) is 2.34. The fourth-order valence-electron chi connectivity index (χ4n) is 1.10. The highest BCUT2D eigenvalue weighted by molar-refractivity contribution is 7.99. The number of nitrogens with one attached hydrogen (secondary N) is 1. The molecule has 1 unspecified atom stereocenters. The molecule has 1 N–H and O–H groups in total. The Balaban J connectivity index is 2.01. The van der Waals surface area contributed by atoms with Gasteiger partial charge in [0.25, 0.3) is 0 Å². The average molecular weight is 159 g/mol. The molecule has 0 aliphatic carbocycles. The predicted molar refractivity (Wildman–Crippen MR) is 48.6 cm³/mol. The zero-order chi connectivity index (χ0) is 7.40. The van der Waals surface area contributed by atoms with Crippen molar-refractivity contribution in [2.75, 3.05) is 18.1 Å². The van der Waals surface area contributed by atoms with E-state index >= 15 is 0 Å². The zero-order valence-corrected chi connectivity index (χ0v) is 7.71. The Bertz CT molecular complexity index is 87.3. The normalized spacial score (nSPS) is 26.1. The van der Waals surface area contributed by atoms with Gasteiger partial charge in [-0.1, -0.05) is 13.8 Å². The highest BCUT2D eigenvalue weighted by atomic mass is 32.2. The molecule has 0 aromatic heterocycles. The summed E-state index contributed by atoms with van der Waals surface area (Å²) in [4.78, 5) is 0. The van der Waals surface area contributed by atoms with Crippen LogP contribution in [0.4, 0.5) is 0 Å². The van der Waals surface area contributed by atoms with Gasteiger partial charge < -0.3 is 5.32 Å². The van der Waals surface area contributed by atoms with Crippen LogP contribution in [0.15, 0.2) is 0 Å². The van der Waals surface area contributed by atoms with Gasteiger partial charge >= 0.3 is 0 Å². The molecular formula is C8H17NS. The van der Waals surface area contributed by atoms with Crippen molar-refractivity contribution in [2.24, 2.45) is 5.92 Å². The lowest BCUT2D eigenvalue weighted by molar-refractivity contribution is 0.489. The van der Waals surface area contributed by atoms with E-state index in [1.54, 1.807) is 0 Å². The highest BCUT2D eigenvalue weighted by Gasteiger charge is 2.13. The third kappa shape index (κ3) is 2.93. The lowest BCUT2D eigenvalue weighted by Gasteiger charge is -2.12. The highest BCUT2D eigenvalue weighted by Crippen LogP contribution is 2.16. The van der Waals surface area contributed by atoms with Gasteiger partial charge in [0.15, 0.2) is 0 Å². The Kier molecular flexibility index (Phi) is 3.57. The molecule has 10 heavy (non-hydrogen) atoms. The molecular weight excluding hydrogens is 142 g/mol. The molecule has 1 rings (SSSR count). The smallest absolute Gasteiger partial charge is 0.0166 e. The molecule has 1 aliphatic rings. The Morgan fingerprint density at radius 3 is 2.90 bits per heavy atom. The van der Waals surface area contributed by atoms with Crippen LogP contribution in [-0.4, -0.2) is 24.1 Å². The standard InChI is InChI=1S/C8H17NS/c1-7(2)5-9-8-3-4-10-6-8/h7-9H,3-6H2,1-2H3. The molecule has 0 radical (unpaired) electrons. The summed E-state index contributed by atoms with van der Waals surface area (Å²) in [6.07, 6.45) is 1.37. The van der Waals surface area contributed by atoms with Crippen LogP contribution in [-0.2, 0) is 0 Å². The van der Waals surface area contributed by atoms with E-state index in [0.717, 1.165) is 12.0 Å². The van der Waals surface area contributed by atoms with Gasteiger partial charge in [-0.05, 0) is 24.6 Å². The summed E-state index contributed by atoms with van der Waals surface area (Å²) < 4.78 is 0. The summed E-state index contributed by atoms with van der Waals surface area (Å²) >= 11 is 2.07. The second-order valence-corrected chi connectivity index (χ2v) is 4.51. The van der Waals surface area contributed by atoms with Gasteiger partial charge in [-0.25, -0.2) is 0 Å². The maximum atomic E-state index is 3.56. The van der Waals surface area contributed by atoms with Crippen molar-refractivity contribution in [2.45, 2.75) is 26.3 Å². The van der Waals surface area contributed by atoms with E-state index in [-0.39, 0.29) is 0 Å². The van der Waals surface area contributed by atoms with Crippen LogP contribution < -0.4 is 5.32 Å². The minimum Gasteiger partial charge on any atom is -0.313 e. The molecule has 0 aromatic carbocycles. The van der Waals surface area contributed by atoms with Gasteiger partial charge in [-0.2, -0.15) is 11.8 Å². The third-order valence-corrected chi connectivity index (χ3v) is 2.91. The Morgan fingerprint density at radius 1 is 1.60 bits per heavy atom. The summed E-state index contributed by atoms with van der Waals surface area (Å²) in [6, 6.07) is 0.812. The molecule has 1 saturated heterocycles. The molecule has 60 valence electrons. The van der Waals surface area contributed by atoms with Crippen molar-refractivity contribution >= 4 is 11.8 Å². The first-order valence-electron chi connectivity index (χ1n) is 4.10. The van der Waals surface area contributed by atoms with Crippen LogP contribution in [0.1, 0.15) is 20.3 Å².